The molecular formula is C27H27N3O6. The number of hydrogen-bond acceptors (Lipinski definition) is 6. The largest absolute Gasteiger partial charge is 0.497 e. The van der Waals surface area contributed by atoms with Gasteiger partial charge in [-0.15, -0.1) is 0 Å². The van der Waals surface area contributed by atoms with Crippen LogP contribution in [0.1, 0.15) is 35.3 Å². The zero-order valence-corrected chi connectivity index (χ0v) is 20.5. The summed E-state index contributed by atoms with van der Waals surface area (Å²) < 4.78 is 22.5. The molecule has 2 unspecified atom stereocenters. The van der Waals surface area contributed by atoms with Crippen molar-refractivity contribution in [3.8, 4) is 23.0 Å². The van der Waals surface area contributed by atoms with E-state index < -0.39 is 5.72 Å². The normalized spacial score (nSPS) is 19.9. The molecule has 2 aliphatic heterocycles. The van der Waals surface area contributed by atoms with E-state index in [4.69, 9.17) is 18.9 Å². The van der Waals surface area contributed by atoms with Crippen LogP contribution in [0.25, 0.3) is 0 Å². The number of urea groups is 1. The van der Waals surface area contributed by atoms with Crippen molar-refractivity contribution in [2.45, 2.75) is 25.1 Å². The molecule has 5 rings (SSSR count). The van der Waals surface area contributed by atoms with Crippen molar-refractivity contribution < 1.29 is 28.5 Å². The zero-order chi connectivity index (χ0) is 25.4. The van der Waals surface area contributed by atoms with E-state index in [1.165, 1.54) is 7.11 Å². The molecule has 3 amide bonds. The van der Waals surface area contributed by atoms with Crippen LogP contribution in [0.2, 0.25) is 0 Å². The molecule has 2 aliphatic rings. The number of carbonyl (C=O) groups excluding carboxylic acids is 2. The third kappa shape index (κ3) is 3.92. The van der Waals surface area contributed by atoms with Gasteiger partial charge in [-0.05, 0) is 43.3 Å². The van der Waals surface area contributed by atoms with E-state index in [9.17, 15) is 9.59 Å². The number of para-hydroxylation sites is 1. The first-order valence-corrected chi connectivity index (χ1v) is 11.5. The number of benzene rings is 3. The number of hydrogen-bond donors (Lipinski definition) is 2. The summed E-state index contributed by atoms with van der Waals surface area (Å²) in [5.41, 5.74) is 1.29. The van der Waals surface area contributed by atoms with E-state index in [1.807, 2.05) is 25.1 Å². The Bertz CT molecular complexity index is 1340. The van der Waals surface area contributed by atoms with Crippen LogP contribution in [-0.2, 0) is 0 Å². The second kappa shape index (κ2) is 8.99. The number of nitrogens with zero attached hydrogens (tertiary/aromatic N) is 1. The van der Waals surface area contributed by atoms with Gasteiger partial charge in [0, 0.05) is 23.6 Å². The molecule has 0 saturated carbocycles. The average molecular weight is 490 g/mol. The zero-order valence-electron chi connectivity index (χ0n) is 20.5. The summed E-state index contributed by atoms with van der Waals surface area (Å²) in [6.45, 7) is 1.86. The Kier molecular flexibility index (Phi) is 5.83. The molecule has 2 bridgehead atoms. The van der Waals surface area contributed by atoms with Crippen LogP contribution in [-0.4, -0.2) is 39.0 Å². The molecule has 2 atom stereocenters. The predicted octanol–water partition coefficient (Wildman–Crippen LogP) is 4.73. The highest BCUT2D eigenvalue weighted by molar-refractivity contribution is 6.06. The van der Waals surface area contributed by atoms with Crippen LogP contribution in [0.4, 0.5) is 16.2 Å². The minimum Gasteiger partial charge on any atom is -0.497 e. The van der Waals surface area contributed by atoms with E-state index in [0.29, 0.717) is 46.4 Å². The van der Waals surface area contributed by atoms with Gasteiger partial charge in [-0.25, -0.2) is 4.79 Å². The van der Waals surface area contributed by atoms with Crippen LogP contribution in [0, 0.1) is 0 Å². The lowest BCUT2D eigenvalue weighted by Gasteiger charge is -2.50. The monoisotopic (exact) mass is 489 g/mol. The van der Waals surface area contributed by atoms with Crippen LogP contribution in [0.3, 0.4) is 0 Å². The Morgan fingerprint density at radius 1 is 1.03 bits per heavy atom. The maximum Gasteiger partial charge on any atom is 0.325 e. The molecule has 0 spiro atoms. The molecule has 0 aliphatic carbocycles. The Labute approximate surface area is 208 Å². The Hall–Kier alpha value is -4.40. The third-order valence-corrected chi connectivity index (χ3v) is 6.51. The van der Waals surface area contributed by atoms with Crippen LogP contribution >= 0.6 is 0 Å². The van der Waals surface area contributed by atoms with Gasteiger partial charge >= 0.3 is 6.03 Å². The topological polar surface area (TPSA) is 98.4 Å². The predicted molar refractivity (Wildman–Crippen MR) is 134 cm³/mol. The molecule has 9 heteroatoms. The first kappa shape index (κ1) is 23.3. The van der Waals surface area contributed by atoms with E-state index in [0.717, 1.165) is 5.56 Å². The summed E-state index contributed by atoms with van der Waals surface area (Å²) in [4.78, 5) is 27.9. The molecule has 2 N–H and O–H groups in total. The molecule has 3 aromatic rings. The van der Waals surface area contributed by atoms with Gasteiger partial charge in [-0.2, -0.15) is 0 Å². The van der Waals surface area contributed by atoms with Crippen LogP contribution < -0.4 is 34.5 Å². The summed E-state index contributed by atoms with van der Waals surface area (Å²) in [6, 6.07) is 17.1. The summed E-state index contributed by atoms with van der Waals surface area (Å²) in [5.74, 6) is 1.93. The molecule has 0 radical (unpaired) electrons. The third-order valence-electron chi connectivity index (χ3n) is 6.51. The van der Waals surface area contributed by atoms with Gasteiger partial charge in [-0.1, -0.05) is 18.2 Å². The van der Waals surface area contributed by atoms with Crippen molar-refractivity contribution in [1.82, 2.24) is 5.32 Å². The number of rotatable bonds is 6. The average Bonchev–Trinajstić information content (AvgIpc) is 2.88. The minimum absolute atomic E-state index is 0.216. The summed E-state index contributed by atoms with van der Waals surface area (Å²) in [6.07, 6.45) is 0.526. The van der Waals surface area contributed by atoms with Gasteiger partial charge in [-0.3, -0.25) is 9.69 Å². The van der Waals surface area contributed by atoms with Crippen molar-refractivity contribution in [3.63, 3.8) is 0 Å². The number of amides is 3. The Morgan fingerprint density at radius 2 is 1.81 bits per heavy atom. The van der Waals surface area contributed by atoms with Gasteiger partial charge in [0.15, 0.2) is 17.2 Å². The van der Waals surface area contributed by atoms with Crippen LogP contribution in [0.15, 0.2) is 60.7 Å². The number of methoxy groups -OCH3 is 3. The van der Waals surface area contributed by atoms with Gasteiger partial charge in [0.05, 0.1) is 38.7 Å². The smallest absolute Gasteiger partial charge is 0.325 e. The second-order valence-corrected chi connectivity index (χ2v) is 8.77. The lowest BCUT2D eigenvalue weighted by molar-refractivity contribution is 0.0349. The molecule has 3 aromatic carbocycles. The fraction of sp³-hybridized carbons (Fsp3) is 0.259. The molecule has 0 aromatic heterocycles. The Balaban J connectivity index is 1.45. The highest BCUT2D eigenvalue weighted by Crippen LogP contribution is 2.49. The van der Waals surface area contributed by atoms with E-state index >= 15 is 0 Å². The number of ether oxygens (including phenoxy) is 4. The van der Waals surface area contributed by atoms with Gasteiger partial charge in [0.1, 0.15) is 11.5 Å². The molecule has 186 valence electrons. The maximum atomic E-state index is 13.3. The van der Waals surface area contributed by atoms with Crippen molar-refractivity contribution in [3.05, 3.63) is 71.8 Å². The lowest BCUT2D eigenvalue weighted by atomic mass is 9.89. The standard InChI is InChI=1S/C27H27N3O6/c1-27-15-21(19-9-6-10-22(34-3)24(19)36-27)29-26(32)30(27)17-8-5-7-16(13-17)25(31)28-20-12-11-18(33-2)14-23(20)35-4/h5-14,21H,15H2,1-4H3,(H,28,31)(H,29,32). The van der Waals surface area contributed by atoms with Gasteiger partial charge in [0.25, 0.3) is 5.91 Å². The number of carbonyl (C=O) groups is 2. The molecule has 2 heterocycles. The highest BCUT2D eigenvalue weighted by atomic mass is 16.5. The van der Waals surface area contributed by atoms with E-state index in [-0.39, 0.29) is 18.0 Å². The summed E-state index contributed by atoms with van der Waals surface area (Å²) in [5, 5.41) is 5.93. The van der Waals surface area contributed by atoms with E-state index in [2.05, 4.69) is 10.6 Å². The lowest BCUT2D eigenvalue weighted by Crippen LogP contribution is -2.65. The van der Waals surface area contributed by atoms with Crippen molar-refractivity contribution >= 4 is 23.3 Å². The Morgan fingerprint density at radius 3 is 2.56 bits per heavy atom. The number of nitrogens with one attached hydrogen (secondary N) is 2. The highest BCUT2D eigenvalue weighted by Gasteiger charge is 2.50. The summed E-state index contributed by atoms with van der Waals surface area (Å²) >= 11 is 0. The number of anilines is 2. The molecule has 1 saturated heterocycles. The molecule has 9 nitrogen and oxygen atoms in total. The number of fused-ring (bicyclic) bond motifs is 4. The molecule has 1 fully saturated rings. The fourth-order valence-corrected chi connectivity index (χ4v) is 4.79. The first-order valence-electron chi connectivity index (χ1n) is 11.5. The quantitative estimate of drug-likeness (QED) is 0.519. The van der Waals surface area contributed by atoms with Gasteiger partial charge < -0.3 is 29.6 Å². The molecule has 36 heavy (non-hydrogen) atoms. The van der Waals surface area contributed by atoms with Crippen LogP contribution in [0.5, 0.6) is 23.0 Å². The minimum atomic E-state index is -0.983. The first-order chi connectivity index (χ1) is 17.4. The van der Waals surface area contributed by atoms with Crippen molar-refractivity contribution in [1.29, 1.82) is 0 Å². The van der Waals surface area contributed by atoms with E-state index in [1.54, 1.807) is 61.6 Å². The fourth-order valence-electron chi connectivity index (χ4n) is 4.79. The second-order valence-electron chi connectivity index (χ2n) is 8.77. The molecular weight excluding hydrogens is 462 g/mol. The van der Waals surface area contributed by atoms with Crippen molar-refractivity contribution in [2.24, 2.45) is 0 Å². The van der Waals surface area contributed by atoms with Crippen molar-refractivity contribution in [2.75, 3.05) is 31.5 Å². The maximum absolute atomic E-state index is 13.3. The summed E-state index contributed by atoms with van der Waals surface area (Å²) in [7, 11) is 4.66. The van der Waals surface area contributed by atoms with Gasteiger partial charge in [0.2, 0.25) is 0 Å². The SMILES string of the molecule is COc1ccc(NC(=O)c2cccc(N3C(=O)NC4CC3(C)Oc3c(OC)cccc34)c2)c(OC)c1.